The highest BCUT2D eigenvalue weighted by Gasteiger charge is 2.27. The lowest BCUT2D eigenvalue weighted by Crippen LogP contribution is -2.20. The number of carbonyl (C=O) groups excluding carboxylic acids is 1. The standard InChI is InChI=1S/C12H10ClF3N2O2/c13-9-2-1-8(6-17)10(5-9)18-11(19)3-4-20-7-12(14,15)16/h1-2,5H,3-4,7H2,(H,18,19). The molecule has 0 aliphatic heterocycles. The van der Waals surface area contributed by atoms with Crippen LogP contribution >= 0.6 is 11.6 Å². The SMILES string of the molecule is N#Cc1ccc(Cl)cc1NC(=O)CCOCC(F)(F)F. The molecule has 0 atom stereocenters. The summed E-state index contributed by atoms with van der Waals surface area (Å²) < 4.78 is 39.7. The van der Waals surface area contributed by atoms with Crippen LogP contribution in [-0.2, 0) is 9.53 Å². The summed E-state index contributed by atoms with van der Waals surface area (Å²) in [5.74, 6) is -0.564. The first-order valence-electron chi connectivity index (χ1n) is 5.46. The van der Waals surface area contributed by atoms with Gasteiger partial charge in [0.2, 0.25) is 5.91 Å². The third-order valence-electron chi connectivity index (χ3n) is 2.12. The zero-order valence-electron chi connectivity index (χ0n) is 10.1. The molecule has 0 aliphatic carbocycles. The molecule has 0 heterocycles. The zero-order chi connectivity index (χ0) is 15.2. The maximum atomic E-state index is 11.8. The van der Waals surface area contributed by atoms with E-state index in [4.69, 9.17) is 16.9 Å². The Morgan fingerprint density at radius 2 is 2.15 bits per heavy atom. The summed E-state index contributed by atoms with van der Waals surface area (Å²) in [6.45, 7) is -1.77. The molecule has 0 aliphatic rings. The number of benzene rings is 1. The second kappa shape index (κ2) is 7.12. The molecular weight excluding hydrogens is 297 g/mol. The molecule has 1 amide bonds. The normalized spacial score (nSPS) is 10.9. The van der Waals surface area contributed by atoms with Gasteiger partial charge < -0.3 is 10.1 Å². The van der Waals surface area contributed by atoms with E-state index in [9.17, 15) is 18.0 Å². The minimum atomic E-state index is -4.42. The Bertz CT molecular complexity index is 526. The second-order valence-electron chi connectivity index (χ2n) is 3.77. The molecule has 0 unspecified atom stereocenters. The number of hydrogen-bond donors (Lipinski definition) is 1. The van der Waals surface area contributed by atoms with Gasteiger partial charge in [0.15, 0.2) is 0 Å². The smallest absolute Gasteiger partial charge is 0.372 e. The van der Waals surface area contributed by atoms with Crippen LogP contribution < -0.4 is 5.32 Å². The molecule has 20 heavy (non-hydrogen) atoms. The van der Waals surface area contributed by atoms with E-state index in [2.05, 4.69) is 10.1 Å². The first-order valence-corrected chi connectivity index (χ1v) is 5.83. The lowest BCUT2D eigenvalue weighted by molar-refractivity contribution is -0.174. The zero-order valence-corrected chi connectivity index (χ0v) is 10.9. The molecule has 0 fully saturated rings. The van der Waals surface area contributed by atoms with Crippen molar-refractivity contribution >= 4 is 23.2 Å². The van der Waals surface area contributed by atoms with E-state index in [1.54, 1.807) is 0 Å². The van der Waals surface area contributed by atoms with Crippen molar-refractivity contribution < 1.29 is 22.7 Å². The summed E-state index contributed by atoms with van der Waals surface area (Å²) in [4.78, 5) is 11.5. The van der Waals surface area contributed by atoms with Gasteiger partial charge in [0.25, 0.3) is 0 Å². The van der Waals surface area contributed by atoms with Gasteiger partial charge in [-0.15, -0.1) is 0 Å². The molecule has 4 nitrogen and oxygen atoms in total. The summed E-state index contributed by atoms with van der Waals surface area (Å²) in [5.41, 5.74) is 0.416. The van der Waals surface area contributed by atoms with E-state index in [1.165, 1.54) is 18.2 Å². The number of hydrogen-bond acceptors (Lipinski definition) is 3. The number of ether oxygens (including phenoxy) is 1. The molecule has 8 heteroatoms. The van der Waals surface area contributed by atoms with Crippen LogP contribution in [0.15, 0.2) is 18.2 Å². The highest BCUT2D eigenvalue weighted by molar-refractivity contribution is 6.31. The maximum Gasteiger partial charge on any atom is 0.411 e. The van der Waals surface area contributed by atoms with E-state index < -0.39 is 18.7 Å². The predicted molar refractivity (Wildman–Crippen MR) is 66.3 cm³/mol. The summed E-state index contributed by atoms with van der Waals surface area (Å²) in [7, 11) is 0. The lowest BCUT2D eigenvalue weighted by atomic mass is 10.2. The van der Waals surface area contributed by atoms with E-state index in [0.29, 0.717) is 5.02 Å². The topological polar surface area (TPSA) is 62.1 Å². The molecule has 0 bridgehead atoms. The van der Waals surface area contributed by atoms with Gasteiger partial charge in [-0.05, 0) is 18.2 Å². The van der Waals surface area contributed by atoms with Crippen LogP contribution in [0.1, 0.15) is 12.0 Å². The third kappa shape index (κ3) is 5.91. The van der Waals surface area contributed by atoms with Gasteiger partial charge in [0.1, 0.15) is 12.7 Å². The summed E-state index contributed by atoms with van der Waals surface area (Å²) >= 11 is 5.72. The van der Waals surface area contributed by atoms with Gasteiger partial charge in [0, 0.05) is 5.02 Å². The highest BCUT2D eigenvalue weighted by Crippen LogP contribution is 2.20. The first-order chi connectivity index (χ1) is 9.31. The largest absolute Gasteiger partial charge is 0.411 e. The molecule has 0 spiro atoms. The van der Waals surface area contributed by atoms with Crippen molar-refractivity contribution in [1.82, 2.24) is 0 Å². The molecule has 0 saturated carbocycles. The van der Waals surface area contributed by atoms with Gasteiger partial charge in [-0.1, -0.05) is 11.6 Å². The van der Waals surface area contributed by atoms with Crippen molar-refractivity contribution in [2.24, 2.45) is 0 Å². The number of rotatable bonds is 5. The van der Waals surface area contributed by atoms with Crippen LogP contribution in [0.2, 0.25) is 5.02 Å². The number of nitrogens with zero attached hydrogens (tertiary/aromatic N) is 1. The average molecular weight is 307 g/mol. The molecule has 0 aromatic heterocycles. The van der Waals surface area contributed by atoms with E-state index in [-0.39, 0.29) is 24.3 Å². The second-order valence-corrected chi connectivity index (χ2v) is 4.20. The molecule has 1 N–H and O–H groups in total. The van der Waals surface area contributed by atoms with Gasteiger partial charge >= 0.3 is 6.18 Å². The minimum absolute atomic E-state index is 0.207. The van der Waals surface area contributed by atoms with Crippen LogP contribution in [0.3, 0.4) is 0 Å². The Kier molecular flexibility index (Phi) is 5.80. The fourth-order valence-electron chi connectivity index (χ4n) is 1.28. The van der Waals surface area contributed by atoms with Crippen LogP contribution in [0, 0.1) is 11.3 Å². The van der Waals surface area contributed by atoms with Gasteiger partial charge in [-0.3, -0.25) is 4.79 Å². The van der Waals surface area contributed by atoms with Crippen molar-refractivity contribution in [2.75, 3.05) is 18.5 Å². The van der Waals surface area contributed by atoms with Crippen LogP contribution in [0.25, 0.3) is 0 Å². The molecule has 1 aromatic rings. The van der Waals surface area contributed by atoms with Crippen LogP contribution in [0.5, 0.6) is 0 Å². The van der Waals surface area contributed by atoms with E-state index in [0.717, 1.165) is 0 Å². The number of halogens is 4. The summed E-state index contributed by atoms with van der Waals surface area (Å²) in [6, 6.07) is 6.16. The molecular formula is C12H10ClF3N2O2. The van der Waals surface area contributed by atoms with Crippen molar-refractivity contribution in [1.29, 1.82) is 5.26 Å². The van der Waals surface area contributed by atoms with Crippen LogP contribution in [0.4, 0.5) is 18.9 Å². The number of alkyl halides is 3. The molecule has 0 saturated heterocycles. The van der Waals surface area contributed by atoms with Crippen molar-refractivity contribution in [3.05, 3.63) is 28.8 Å². The highest BCUT2D eigenvalue weighted by atomic mass is 35.5. The first kappa shape index (κ1) is 16.3. The molecule has 1 rings (SSSR count). The van der Waals surface area contributed by atoms with Gasteiger partial charge in [-0.2, -0.15) is 18.4 Å². The Morgan fingerprint density at radius 1 is 1.45 bits per heavy atom. The Hall–Kier alpha value is -1.78. The summed E-state index contributed by atoms with van der Waals surface area (Å²) in [5, 5.41) is 11.6. The number of anilines is 1. The minimum Gasteiger partial charge on any atom is -0.372 e. The Labute approximate surface area is 118 Å². The van der Waals surface area contributed by atoms with Crippen molar-refractivity contribution in [3.8, 4) is 6.07 Å². The fraction of sp³-hybridized carbons (Fsp3) is 0.333. The summed E-state index contributed by atoms with van der Waals surface area (Å²) in [6.07, 6.45) is -4.68. The van der Waals surface area contributed by atoms with Crippen LogP contribution in [-0.4, -0.2) is 25.3 Å². The predicted octanol–water partition coefficient (Wildman–Crippen LogP) is 3.12. The third-order valence-corrected chi connectivity index (χ3v) is 2.35. The quantitative estimate of drug-likeness (QED) is 0.850. The van der Waals surface area contributed by atoms with E-state index in [1.807, 2.05) is 6.07 Å². The number of amides is 1. The molecule has 0 radical (unpaired) electrons. The lowest BCUT2D eigenvalue weighted by Gasteiger charge is -2.09. The Morgan fingerprint density at radius 3 is 2.75 bits per heavy atom. The molecule has 1 aromatic carbocycles. The van der Waals surface area contributed by atoms with Gasteiger partial charge in [0.05, 0.1) is 24.3 Å². The fourth-order valence-corrected chi connectivity index (χ4v) is 1.45. The van der Waals surface area contributed by atoms with Gasteiger partial charge in [-0.25, -0.2) is 0 Å². The Balaban J connectivity index is 2.47. The number of nitrogens with one attached hydrogen (secondary N) is 1. The number of carbonyl (C=O) groups is 1. The molecule has 108 valence electrons. The van der Waals surface area contributed by atoms with E-state index >= 15 is 0 Å². The average Bonchev–Trinajstić information content (AvgIpc) is 2.34. The maximum absolute atomic E-state index is 11.8. The van der Waals surface area contributed by atoms with Crippen molar-refractivity contribution in [3.63, 3.8) is 0 Å². The number of nitriles is 1. The monoisotopic (exact) mass is 306 g/mol. The van der Waals surface area contributed by atoms with Crippen molar-refractivity contribution in [2.45, 2.75) is 12.6 Å².